The smallest absolute Gasteiger partial charge is 0.353 e. The summed E-state index contributed by atoms with van der Waals surface area (Å²) in [7, 11) is 0. The molecular formula is C21H15ClF3N3O. The molecule has 0 atom stereocenters. The molecule has 0 aliphatic carbocycles. The monoisotopic (exact) mass is 417 g/mol. The van der Waals surface area contributed by atoms with Gasteiger partial charge >= 0.3 is 6.18 Å². The van der Waals surface area contributed by atoms with Gasteiger partial charge in [-0.05, 0) is 36.8 Å². The summed E-state index contributed by atoms with van der Waals surface area (Å²) in [5.41, 5.74) is 1.27. The topological polar surface area (TPSA) is 57.8 Å². The summed E-state index contributed by atoms with van der Waals surface area (Å²) in [6, 6.07) is 13.0. The quantitative estimate of drug-likeness (QED) is 0.430. The van der Waals surface area contributed by atoms with Gasteiger partial charge in [0, 0.05) is 33.4 Å². The molecule has 0 aliphatic rings. The van der Waals surface area contributed by atoms with Crippen LogP contribution in [-0.4, -0.2) is 15.9 Å². The molecule has 0 bridgehead atoms. The van der Waals surface area contributed by atoms with Gasteiger partial charge in [0.1, 0.15) is 0 Å². The normalized spacial score (nSPS) is 11.9. The average molecular weight is 418 g/mol. The van der Waals surface area contributed by atoms with Gasteiger partial charge in [-0.1, -0.05) is 29.8 Å². The van der Waals surface area contributed by atoms with Crippen LogP contribution in [0.2, 0.25) is 5.02 Å². The third kappa shape index (κ3) is 4.05. The predicted octanol–water partition coefficient (Wildman–Crippen LogP) is 5.96. The van der Waals surface area contributed by atoms with E-state index in [0.29, 0.717) is 12.1 Å². The number of nitrogens with zero attached hydrogens (tertiary/aromatic N) is 1. The van der Waals surface area contributed by atoms with Gasteiger partial charge in [-0.2, -0.15) is 13.2 Å². The number of aryl methyl sites for hydroxylation is 1. The Labute approximate surface area is 168 Å². The fraction of sp³-hybridized carbons (Fsp3) is 0.143. The first-order valence-electron chi connectivity index (χ1n) is 8.83. The summed E-state index contributed by atoms with van der Waals surface area (Å²) in [5, 5.41) is 4.31. The highest BCUT2D eigenvalue weighted by atomic mass is 35.5. The molecule has 0 unspecified atom stereocenters. The number of aromatic amines is 1. The van der Waals surface area contributed by atoms with Crippen LogP contribution in [0.5, 0.6) is 0 Å². The Kier molecular flexibility index (Phi) is 4.92. The van der Waals surface area contributed by atoms with Crippen molar-refractivity contribution < 1.29 is 18.0 Å². The number of aromatic nitrogens is 2. The maximum atomic E-state index is 13.2. The predicted molar refractivity (Wildman–Crippen MR) is 107 cm³/mol. The maximum absolute atomic E-state index is 13.2. The second-order valence-corrected chi connectivity index (χ2v) is 7.06. The van der Waals surface area contributed by atoms with Crippen LogP contribution in [0.4, 0.5) is 18.9 Å². The summed E-state index contributed by atoms with van der Waals surface area (Å²) in [5.74, 6) is -0.529. The number of hydrogen-bond donors (Lipinski definition) is 2. The van der Waals surface area contributed by atoms with E-state index in [2.05, 4.69) is 15.3 Å². The molecule has 0 radical (unpaired) electrons. The SMILES string of the molecule is O=C(CCc1cc2c(cn1)[nH]c1ccccc12)Nc1ccc(Cl)cc1C(F)(F)F. The van der Waals surface area contributed by atoms with E-state index in [-0.39, 0.29) is 17.1 Å². The van der Waals surface area contributed by atoms with Crippen molar-refractivity contribution in [1.82, 2.24) is 9.97 Å². The Balaban J connectivity index is 1.50. The van der Waals surface area contributed by atoms with Gasteiger partial charge in [0.25, 0.3) is 0 Å². The Bertz CT molecular complexity index is 1220. The molecule has 2 heterocycles. The second kappa shape index (κ2) is 7.40. The number of rotatable bonds is 4. The van der Waals surface area contributed by atoms with E-state index in [9.17, 15) is 18.0 Å². The third-order valence-corrected chi connectivity index (χ3v) is 4.85. The van der Waals surface area contributed by atoms with Gasteiger partial charge in [0.05, 0.1) is 23.0 Å². The fourth-order valence-corrected chi connectivity index (χ4v) is 3.42. The zero-order valence-corrected chi connectivity index (χ0v) is 15.7. The molecule has 2 aromatic carbocycles. The minimum Gasteiger partial charge on any atom is -0.353 e. The lowest BCUT2D eigenvalue weighted by Crippen LogP contribution is -2.17. The van der Waals surface area contributed by atoms with Crippen molar-refractivity contribution in [3.05, 3.63) is 71.0 Å². The standard InChI is InChI=1S/C21H15ClF3N3O/c22-12-5-7-18(16(9-12)21(23,24)25)28-20(29)8-6-13-10-15-14-3-1-2-4-17(14)27-19(15)11-26-13/h1-5,7,9-11,27H,6,8H2,(H,28,29). The lowest BCUT2D eigenvalue weighted by atomic mass is 10.1. The number of H-pyrrole nitrogens is 1. The van der Waals surface area contributed by atoms with Crippen LogP contribution in [0.25, 0.3) is 21.8 Å². The van der Waals surface area contributed by atoms with Gasteiger partial charge in [-0.15, -0.1) is 0 Å². The Hall–Kier alpha value is -3.06. The van der Waals surface area contributed by atoms with Crippen LogP contribution in [0.15, 0.2) is 54.7 Å². The Morgan fingerprint density at radius 3 is 2.66 bits per heavy atom. The first-order chi connectivity index (χ1) is 13.8. The highest BCUT2D eigenvalue weighted by molar-refractivity contribution is 6.30. The highest BCUT2D eigenvalue weighted by Gasteiger charge is 2.34. The van der Waals surface area contributed by atoms with E-state index in [4.69, 9.17) is 11.6 Å². The van der Waals surface area contributed by atoms with Crippen LogP contribution in [0, 0.1) is 0 Å². The van der Waals surface area contributed by atoms with Gasteiger partial charge in [-0.3, -0.25) is 9.78 Å². The van der Waals surface area contributed by atoms with Crippen LogP contribution < -0.4 is 5.32 Å². The van der Waals surface area contributed by atoms with Gasteiger partial charge in [0.2, 0.25) is 5.91 Å². The number of alkyl halides is 3. The molecule has 1 amide bonds. The number of benzene rings is 2. The Morgan fingerprint density at radius 2 is 1.86 bits per heavy atom. The van der Waals surface area contributed by atoms with Crippen LogP contribution in [0.3, 0.4) is 0 Å². The van der Waals surface area contributed by atoms with Crippen molar-refractivity contribution in [3.63, 3.8) is 0 Å². The summed E-state index contributed by atoms with van der Waals surface area (Å²) >= 11 is 5.66. The molecule has 8 heteroatoms. The van der Waals surface area contributed by atoms with E-state index >= 15 is 0 Å². The molecule has 0 fully saturated rings. The minimum atomic E-state index is -4.62. The van der Waals surface area contributed by atoms with E-state index in [1.807, 2.05) is 30.3 Å². The zero-order valence-electron chi connectivity index (χ0n) is 15.0. The molecule has 0 spiro atoms. The van der Waals surface area contributed by atoms with Crippen LogP contribution >= 0.6 is 11.6 Å². The van der Waals surface area contributed by atoms with Crippen molar-refractivity contribution >= 4 is 45.0 Å². The van der Waals surface area contributed by atoms with Crippen LogP contribution in [0.1, 0.15) is 17.7 Å². The average Bonchev–Trinajstić information content (AvgIpc) is 3.05. The Morgan fingerprint density at radius 1 is 1.07 bits per heavy atom. The molecule has 0 aliphatic heterocycles. The third-order valence-electron chi connectivity index (χ3n) is 4.62. The number of amides is 1. The number of carbonyl (C=O) groups excluding carboxylic acids is 1. The molecule has 29 heavy (non-hydrogen) atoms. The molecule has 2 aromatic heterocycles. The highest BCUT2D eigenvalue weighted by Crippen LogP contribution is 2.36. The number of fused-ring (bicyclic) bond motifs is 3. The largest absolute Gasteiger partial charge is 0.418 e. The molecule has 0 saturated carbocycles. The molecule has 2 N–H and O–H groups in total. The van der Waals surface area contributed by atoms with Crippen LogP contribution in [-0.2, 0) is 17.4 Å². The molecule has 148 valence electrons. The zero-order chi connectivity index (χ0) is 20.6. The van der Waals surface area contributed by atoms with Crippen molar-refractivity contribution in [1.29, 1.82) is 0 Å². The summed E-state index contributed by atoms with van der Waals surface area (Å²) in [4.78, 5) is 19.8. The molecule has 4 aromatic rings. The van der Waals surface area contributed by atoms with E-state index in [1.165, 1.54) is 6.07 Å². The van der Waals surface area contributed by atoms with E-state index in [0.717, 1.165) is 33.9 Å². The summed E-state index contributed by atoms with van der Waals surface area (Å²) in [6.07, 6.45) is -2.62. The van der Waals surface area contributed by atoms with Crippen molar-refractivity contribution in [2.24, 2.45) is 0 Å². The van der Waals surface area contributed by atoms with Gasteiger partial charge < -0.3 is 10.3 Å². The van der Waals surface area contributed by atoms with Crippen molar-refractivity contribution in [3.8, 4) is 0 Å². The number of carbonyl (C=O) groups is 1. The number of anilines is 1. The minimum absolute atomic E-state index is 0.000779. The van der Waals surface area contributed by atoms with Gasteiger partial charge in [0.15, 0.2) is 0 Å². The van der Waals surface area contributed by atoms with E-state index in [1.54, 1.807) is 6.20 Å². The summed E-state index contributed by atoms with van der Waals surface area (Å²) < 4.78 is 39.5. The first kappa shape index (κ1) is 19.3. The lowest BCUT2D eigenvalue weighted by molar-refractivity contribution is -0.137. The molecule has 0 saturated heterocycles. The molecular weight excluding hydrogens is 403 g/mol. The molecule has 4 rings (SSSR count). The molecule has 4 nitrogen and oxygen atoms in total. The van der Waals surface area contributed by atoms with Crippen molar-refractivity contribution in [2.75, 3.05) is 5.32 Å². The maximum Gasteiger partial charge on any atom is 0.418 e. The lowest BCUT2D eigenvalue weighted by Gasteiger charge is -2.14. The van der Waals surface area contributed by atoms with Gasteiger partial charge in [-0.25, -0.2) is 0 Å². The van der Waals surface area contributed by atoms with Crippen molar-refractivity contribution in [2.45, 2.75) is 19.0 Å². The number of hydrogen-bond acceptors (Lipinski definition) is 2. The number of para-hydroxylation sites is 1. The van der Waals surface area contributed by atoms with E-state index < -0.39 is 17.6 Å². The number of nitrogens with one attached hydrogen (secondary N) is 2. The fourth-order valence-electron chi connectivity index (χ4n) is 3.24. The number of pyridine rings is 1. The summed E-state index contributed by atoms with van der Waals surface area (Å²) in [6.45, 7) is 0. The second-order valence-electron chi connectivity index (χ2n) is 6.63. The first-order valence-corrected chi connectivity index (χ1v) is 9.21. The number of halogens is 4.